The normalized spacial score (nSPS) is 12.5. The lowest BCUT2D eigenvalue weighted by Gasteiger charge is -2.12. The van der Waals surface area contributed by atoms with E-state index in [1.165, 1.54) is 0 Å². The zero-order chi connectivity index (χ0) is 13.9. The smallest absolute Gasteiger partial charge is 0.231 e. The molecule has 0 aromatic heterocycles. The maximum Gasteiger partial charge on any atom is 0.231 e. The Labute approximate surface area is 125 Å². The molecule has 2 aromatic rings. The van der Waals surface area contributed by atoms with Gasteiger partial charge in [-0.2, -0.15) is 0 Å². The first-order valence-corrected chi connectivity index (χ1v) is 7.06. The topological polar surface area (TPSA) is 39.7 Å². The van der Waals surface area contributed by atoms with Gasteiger partial charge < -0.3 is 19.5 Å². The van der Waals surface area contributed by atoms with Crippen LogP contribution in [0.4, 0.5) is 0 Å². The lowest BCUT2D eigenvalue weighted by molar-refractivity contribution is 0.174. The second kappa shape index (κ2) is 5.73. The molecule has 104 valence electrons. The predicted molar refractivity (Wildman–Crippen MR) is 79.5 cm³/mol. The number of nitrogens with one attached hydrogen (secondary N) is 1. The monoisotopic (exact) mass is 335 g/mol. The lowest BCUT2D eigenvalue weighted by Crippen LogP contribution is -2.06. The first-order valence-electron chi connectivity index (χ1n) is 6.27. The van der Waals surface area contributed by atoms with Crippen LogP contribution in [0.1, 0.15) is 5.56 Å². The second-order valence-corrected chi connectivity index (χ2v) is 5.32. The standard InChI is InChI=1S/C15H14BrNO3/c1-17-8-10-6-11(16)2-4-13(10)20-12-3-5-14-15(7-12)19-9-18-14/h2-7,17H,8-9H2,1H3. The van der Waals surface area contributed by atoms with Crippen molar-refractivity contribution < 1.29 is 14.2 Å². The van der Waals surface area contributed by atoms with Crippen molar-refractivity contribution in [2.45, 2.75) is 6.54 Å². The Morgan fingerprint density at radius 2 is 2.00 bits per heavy atom. The highest BCUT2D eigenvalue weighted by molar-refractivity contribution is 9.10. The summed E-state index contributed by atoms with van der Waals surface area (Å²) in [6.45, 7) is 1.00. The van der Waals surface area contributed by atoms with Gasteiger partial charge in [-0.15, -0.1) is 0 Å². The molecule has 20 heavy (non-hydrogen) atoms. The molecule has 0 saturated heterocycles. The van der Waals surface area contributed by atoms with Crippen LogP contribution in [0, 0.1) is 0 Å². The third-order valence-electron chi connectivity index (χ3n) is 2.96. The lowest BCUT2D eigenvalue weighted by atomic mass is 10.2. The van der Waals surface area contributed by atoms with Crippen LogP contribution in [-0.2, 0) is 6.54 Å². The van der Waals surface area contributed by atoms with Gasteiger partial charge in [0.05, 0.1) is 0 Å². The molecule has 0 aliphatic carbocycles. The van der Waals surface area contributed by atoms with Gasteiger partial charge >= 0.3 is 0 Å². The summed E-state index contributed by atoms with van der Waals surface area (Å²) in [4.78, 5) is 0. The molecule has 0 radical (unpaired) electrons. The van der Waals surface area contributed by atoms with Crippen LogP contribution >= 0.6 is 15.9 Å². The Kier molecular flexibility index (Phi) is 3.80. The molecule has 0 saturated carbocycles. The van der Waals surface area contributed by atoms with Crippen molar-refractivity contribution in [2.24, 2.45) is 0 Å². The SMILES string of the molecule is CNCc1cc(Br)ccc1Oc1ccc2c(c1)OCO2. The van der Waals surface area contributed by atoms with Gasteiger partial charge in [0.1, 0.15) is 11.5 Å². The van der Waals surface area contributed by atoms with E-state index >= 15 is 0 Å². The zero-order valence-electron chi connectivity index (χ0n) is 11.0. The molecule has 0 amide bonds. The number of hydrogen-bond acceptors (Lipinski definition) is 4. The minimum absolute atomic E-state index is 0.266. The maximum atomic E-state index is 5.95. The van der Waals surface area contributed by atoms with Crippen LogP contribution in [0.25, 0.3) is 0 Å². The summed E-state index contributed by atoms with van der Waals surface area (Å²) in [5, 5.41) is 3.13. The summed E-state index contributed by atoms with van der Waals surface area (Å²) in [6, 6.07) is 11.5. The van der Waals surface area contributed by atoms with Crippen molar-refractivity contribution >= 4 is 15.9 Å². The van der Waals surface area contributed by atoms with Crippen LogP contribution < -0.4 is 19.5 Å². The average molecular weight is 336 g/mol. The van der Waals surface area contributed by atoms with Gasteiger partial charge in [-0.05, 0) is 37.4 Å². The van der Waals surface area contributed by atoms with Crippen LogP contribution in [0.2, 0.25) is 0 Å². The van der Waals surface area contributed by atoms with Gasteiger partial charge in [-0.1, -0.05) is 15.9 Å². The molecule has 1 heterocycles. The fourth-order valence-corrected chi connectivity index (χ4v) is 2.45. The summed E-state index contributed by atoms with van der Waals surface area (Å²) in [6.07, 6.45) is 0. The molecule has 1 N–H and O–H groups in total. The molecule has 3 rings (SSSR count). The molecular formula is C15H14BrNO3. The highest BCUT2D eigenvalue weighted by Crippen LogP contribution is 2.37. The van der Waals surface area contributed by atoms with Crippen molar-refractivity contribution in [3.05, 3.63) is 46.4 Å². The highest BCUT2D eigenvalue weighted by atomic mass is 79.9. The maximum absolute atomic E-state index is 5.95. The van der Waals surface area contributed by atoms with E-state index < -0.39 is 0 Å². The summed E-state index contributed by atoms with van der Waals surface area (Å²) in [5.74, 6) is 3.02. The van der Waals surface area contributed by atoms with Gasteiger partial charge in [-0.3, -0.25) is 0 Å². The summed E-state index contributed by atoms with van der Waals surface area (Å²) >= 11 is 3.47. The van der Waals surface area contributed by atoms with Gasteiger partial charge in [0, 0.05) is 22.6 Å². The molecule has 0 fully saturated rings. The summed E-state index contributed by atoms with van der Waals surface area (Å²) in [5.41, 5.74) is 1.08. The molecule has 1 aliphatic rings. The minimum Gasteiger partial charge on any atom is -0.457 e. The van der Waals surface area contributed by atoms with Gasteiger partial charge in [0.2, 0.25) is 6.79 Å². The van der Waals surface area contributed by atoms with Crippen molar-refractivity contribution in [2.75, 3.05) is 13.8 Å². The van der Waals surface area contributed by atoms with Gasteiger partial charge in [-0.25, -0.2) is 0 Å². The van der Waals surface area contributed by atoms with E-state index in [0.29, 0.717) is 0 Å². The summed E-state index contributed by atoms with van der Waals surface area (Å²) < 4.78 is 17.6. The first-order chi connectivity index (χ1) is 9.76. The van der Waals surface area contributed by atoms with E-state index in [-0.39, 0.29) is 6.79 Å². The molecule has 0 spiro atoms. The molecule has 0 bridgehead atoms. The molecule has 4 nitrogen and oxygen atoms in total. The summed E-state index contributed by atoms with van der Waals surface area (Å²) in [7, 11) is 1.91. The number of benzene rings is 2. The number of fused-ring (bicyclic) bond motifs is 1. The molecule has 0 unspecified atom stereocenters. The predicted octanol–water partition coefficient (Wildman–Crippen LogP) is 3.69. The first kappa shape index (κ1) is 13.3. The Morgan fingerprint density at radius 1 is 1.15 bits per heavy atom. The van der Waals surface area contributed by atoms with E-state index in [1.54, 1.807) is 0 Å². The Bertz CT molecular complexity index is 631. The third-order valence-corrected chi connectivity index (χ3v) is 3.45. The largest absolute Gasteiger partial charge is 0.457 e. The van der Waals surface area contributed by atoms with Crippen molar-refractivity contribution in [1.82, 2.24) is 5.32 Å². The second-order valence-electron chi connectivity index (χ2n) is 4.40. The number of halogens is 1. The molecular weight excluding hydrogens is 322 g/mol. The molecule has 5 heteroatoms. The number of rotatable bonds is 4. The fraction of sp³-hybridized carbons (Fsp3) is 0.200. The quantitative estimate of drug-likeness (QED) is 0.924. The molecule has 2 aromatic carbocycles. The van der Waals surface area contributed by atoms with Crippen LogP contribution in [0.3, 0.4) is 0 Å². The Hall–Kier alpha value is -1.72. The minimum atomic E-state index is 0.266. The van der Waals surface area contributed by atoms with E-state index in [0.717, 1.165) is 39.6 Å². The van der Waals surface area contributed by atoms with Gasteiger partial charge in [0.15, 0.2) is 11.5 Å². The number of hydrogen-bond donors (Lipinski definition) is 1. The van der Waals surface area contributed by atoms with Crippen molar-refractivity contribution in [1.29, 1.82) is 0 Å². The van der Waals surface area contributed by atoms with Crippen LogP contribution in [0.5, 0.6) is 23.0 Å². The molecule has 1 aliphatic heterocycles. The van der Waals surface area contributed by atoms with E-state index in [1.807, 2.05) is 43.4 Å². The van der Waals surface area contributed by atoms with E-state index in [2.05, 4.69) is 21.2 Å². The highest BCUT2D eigenvalue weighted by Gasteiger charge is 2.14. The number of ether oxygens (including phenoxy) is 3. The van der Waals surface area contributed by atoms with E-state index in [4.69, 9.17) is 14.2 Å². The average Bonchev–Trinajstić information content (AvgIpc) is 2.89. The van der Waals surface area contributed by atoms with Crippen LogP contribution in [-0.4, -0.2) is 13.8 Å². The van der Waals surface area contributed by atoms with Crippen molar-refractivity contribution in [3.8, 4) is 23.0 Å². The Balaban J connectivity index is 1.87. The third kappa shape index (κ3) is 2.73. The van der Waals surface area contributed by atoms with Crippen LogP contribution in [0.15, 0.2) is 40.9 Å². The zero-order valence-corrected chi connectivity index (χ0v) is 12.6. The Morgan fingerprint density at radius 3 is 2.85 bits per heavy atom. The molecule has 0 atom stereocenters. The van der Waals surface area contributed by atoms with E-state index in [9.17, 15) is 0 Å². The van der Waals surface area contributed by atoms with Gasteiger partial charge in [0.25, 0.3) is 0 Å². The van der Waals surface area contributed by atoms with Crippen molar-refractivity contribution in [3.63, 3.8) is 0 Å². The fourth-order valence-electron chi connectivity index (χ4n) is 2.04.